The fraction of sp³-hybridized carbons (Fsp3) is 0.600. The van der Waals surface area contributed by atoms with Crippen molar-refractivity contribution >= 4 is 32.7 Å². The van der Waals surface area contributed by atoms with Crippen molar-refractivity contribution in [2.75, 3.05) is 18.4 Å². The average molecular weight is 433 g/mol. The van der Waals surface area contributed by atoms with Crippen LogP contribution in [0.4, 0.5) is 5.82 Å². The molecule has 1 unspecified atom stereocenters. The van der Waals surface area contributed by atoms with E-state index >= 15 is 0 Å². The Kier molecular flexibility index (Phi) is 5.67. The first-order chi connectivity index (χ1) is 13.1. The smallest absolute Gasteiger partial charge is 0.204 e. The van der Waals surface area contributed by atoms with E-state index in [1.807, 2.05) is 6.07 Å². The Morgan fingerprint density at radius 3 is 2.81 bits per heavy atom. The number of anilines is 1. The summed E-state index contributed by atoms with van der Waals surface area (Å²) < 4.78 is 6.29. The SMILES string of the molecule is N#Cc1cc2c(Br)c(NC3CCC(N4CCCC(O)CC4)CC3)ncc2o1. The summed E-state index contributed by atoms with van der Waals surface area (Å²) in [5, 5.41) is 23.3. The molecule has 2 fully saturated rings. The van der Waals surface area contributed by atoms with Crippen LogP contribution in [0.15, 0.2) is 21.2 Å². The lowest BCUT2D eigenvalue weighted by Gasteiger charge is -2.36. The number of hydrogen-bond acceptors (Lipinski definition) is 6. The van der Waals surface area contributed by atoms with Gasteiger partial charge in [0.05, 0.1) is 16.8 Å². The van der Waals surface area contributed by atoms with Crippen molar-refractivity contribution in [1.82, 2.24) is 9.88 Å². The number of likely N-dealkylation sites (tertiary alicyclic amines) is 1. The highest BCUT2D eigenvalue weighted by Gasteiger charge is 2.28. The number of aromatic nitrogens is 1. The first kappa shape index (κ1) is 18.7. The van der Waals surface area contributed by atoms with E-state index in [1.54, 1.807) is 12.3 Å². The van der Waals surface area contributed by atoms with Gasteiger partial charge < -0.3 is 19.7 Å². The van der Waals surface area contributed by atoms with Gasteiger partial charge in [0.2, 0.25) is 5.76 Å². The molecular formula is C20H25BrN4O2. The summed E-state index contributed by atoms with van der Waals surface area (Å²) in [6, 6.07) is 4.82. The van der Waals surface area contributed by atoms with E-state index < -0.39 is 0 Å². The molecule has 7 heteroatoms. The third-order valence-corrected chi connectivity index (χ3v) is 6.72. The number of hydrogen-bond donors (Lipinski definition) is 2. The van der Waals surface area contributed by atoms with E-state index in [4.69, 9.17) is 9.68 Å². The maximum absolute atomic E-state index is 9.86. The molecule has 1 aliphatic heterocycles. The van der Waals surface area contributed by atoms with Crippen LogP contribution in [0.25, 0.3) is 11.0 Å². The van der Waals surface area contributed by atoms with Crippen LogP contribution in [0.3, 0.4) is 0 Å². The highest BCUT2D eigenvalue weighted by molar-refractivity contribution is 9.10. The maximum atomic E-state index is 9.86. The first-order valence-corrected chi connectivity index (χ1v) is 10.6. The Labute approximate surface area is 167 Å². The summed E-state index contributed by atoms with van der Waals surface area (Å²) >= 11 is 3.61. The predicted octanol–water partition coefficient (Wildman–Crippen LogP) is 4.03. The summed E-state index contributed by atoms with van der Waals surface area (Å²) in [5.41, 5.74) is 0.621. The fourth-order valence-corrected chi connectivity index (χ4v) is 4.91. The zero-order chi connectivity index (χ0) is 18.8. The minimum Gasteiger partial charge on any atom is -0.444 e. The molecule has 0 aromatic carbocycles. The molecule has 6 nitrogen and oxygen atoms in total. The van der Waals surface area contributed by atoms with Crippen molar-refractivity contribution in [2.45, 2.75) is 63.1 Å². The molecule has 0 radical (unpaired) electrons. The Hall–Kier alpha value is -1.62. The molecule has 0 spiro atoms. The van der Waals surface area contributed by atoms with Gasteiger partial charge in [-0.25, -0.2) is 4.98 Å². The van der Waals surface area contributed by atoms with Crippen molar-refractivity contribution in [3.8, 4) is 6.07 Å². The van der Waals surface area contributed by atoms with Crippen LogP contribution in [0.1, 0.15) is 50.7 Å². The molecular weight excluding hydrogens is 408 g/mol. The molecule has 1 saturated carbocycles. The topological polar surface area (TPSA) is 85.3 Å². The lowest BCUT2D eigenvalue weighted by atomic mass is 9.90. The number of fused-ring (bicyclic) bond motifs is 1. The number of nitrogens with one attached hydrogen (secondary N) is 1. The molecule has 2 aliphatic rings. The second-order valence-corrected chi connectivity index (χ2v) is 8.48. The molecule has 4 rings (SSSR count). The van der Waals surface area contributed by atoms with E-state index in [1.165, 1.54) is 12.8 Å². The molecule has 2 N–H and O–H groups in total. The van der Waals surface area contributed by atoms with Crippen molar-refractivity contribution < 1.29 is 9.52 Å². The Bertz CT molecular complexity index is 838. The molecule has 144 valence electrons. The van der Waals surface area contributed by atoms with Crippen LogP contribution in [0.5, 0.6) is 0 Å². The second kappa shape index (κ2) is 8.17. The highest BCUT2D eigenvalue weighted by atomic mass is 79.9. The number of aliphatic hydroxyl groups excluding tert-OH is 1. The van der Waals surface area contributed by atoms with Gasteiger partial charge in [-0.2, -0.15) is 5.26 Å². The summed E-state index contributed by atoms with van der Waals surface area (Å²) in [7, 11) is 0. The second-order valence-electron chi connectivity index (χ2n) is 7.69. The Morgan fingerprint density at radius 2 is 2.04 bits per heavy atom. The van der Waals surface area contributed by atoms with Gasteiger partial charge in [0.1, 0.15) is 11.9 Å². The van der Waals surface area contributed by atoms with Gasteiger partial charge in [0, 0.05) is 30.1 Å². The summed E-state index contributed by atoms with van der Waals surface area (Å²) in [5.74, 6) is 1.11. The Balaban J connectivity index is 1.37. The van der Waals surface area contributed by atoms with Gasteiger partial charge in [-0.3, -0.25) is 0 Å². The van der Waals surface area contributed by atoms with Crippen molar-refractivity contribution in [2.24, 2.45) is 0 Å². The van der Waals surface area contributed by atoms with Crippen LogP contribution in [-0.2, 0) is 0 Å². The predicted molar refractivity (Wildman–Crippen MR) is 108 cm³/mol. The molecule has 27 heavy (non-hydrogen) atoms. The summed E-state index contributed by atoms with van der Waals surface area (Å²) in [6.07, 6.45) is 9.10. The lowest BCUT2D eigenvalue weighted by molar-refractivity contribution is 0.134. The number of aliphatic hydroxyl groups is 1. The van der Waals surface area contributed by atoms with Crippen molar-refractivity contribution in [1.29, 1.82) is 5.26 Å². The van der Waals surface area contributed by atoms with Gasteiger partial charge in [-0.15, -0.1) is 0 Å². The first-order valence-electron chi connectivity index (χ1n) is 9.81. The number of nitriles is 1. The van der Waals surface area contributed by atoms with Gasteiger partial charge in [0.25, 0.3) is 0 Å². The monoisotopic (exact) mass is 432 g/mol. The average Bonchev–Trinajstić information content (AvgIpc) is 3.00. The molecule has 3 heterocycles. The van der Waals surface area contributed by atoms with Crippen molar-refractivity contribution in [3.05, 3.63) is 22.5 Å². The maximum Gasteiger partial charge on any atom is 0.204 e. The number of pyridine rings is 1. The number of nitrogens with zero attached hydrogens (tertiary/aromatic N) is 3. The molecule has 1 aliphatic carbocycles. The van der Waals surface area contributed by atoms with Crippen LogP contribution in [0, 0.1) is 11.3 Å². The zero-order valence-electron chi connectivity index (χ0n) is 15.3. The fourth-order valence-electron chi connectivity index (χ4n) is 4.38. The minimum atomic E-state index is -0.115. The minimum absolute atomic E-state index is 0.115. The number of rotatable bonds is 3. The van der Waals surface area contributed by atoms with E-state index in [0.29, 0.717) is 23.4 Å². The van der Waals surface area contributed by atoms with E-state index in [9.17, 15) is 5.11 Å². The van der Waals surface area contributed by atoms with Gasteiger partial charge in [0.15, 0.2) is 5.58 Å². The van der Waals surface area contributed by atoms with Crippen LogP contribution >= 0.6 is 15.9 Å². The lowest BCUT2D eigenvalue weighted by Crippen LogP contribution is -2.41. The number of furan rings is 1. The summed E-state index contributed by atoms with van der Waals surface area (Å²) in [4.78, 5) is 7.06. The third-order valence-electron chi connectivity index (χ3n) is 5.91. The van der Waals surface area contributed by atoms with Gasteiger partial charge >= 0.3 is 0 Å². The molecule has 2 aromatic heterocycles. The van der Waals surface area contributed by atoms with Crippen LogP contribution < -0.4 is 5.32 Å². The largest absolute Gasteiger partial charge is 0.444 e. The third kappa shape index (κ3) is 4.13. The van der Waals surface area contributed by atoms with Gasteiger partial charge in [-0.1, -0.05) is 0 Å². The molecule has 0 bridgehead atoms. The molecule has 1 atom stereocenters. The van der Waals surface area contributed by atoms with E-state index in [-0.39, 0.29) is 6.10 Å². The molecule has 0 amide bonds. The Morgan fingerprint density at radius 1 is 1.22 bits per heavy atom. The standard InChI is InChI=1S/C20H25BrN4O2/c21-19-17-10-16(11-22)27-18(17)12-23-20(19)24-13-3-5-14(6-4-13)25-8-1-2-15(26)7-9-25/h10,12-15,26H,1-9H2,(H,23,24). The zero-order valence-corrected chi connectivity index (χ0v) is 16.9. The van der Waals surface area contributed by atoms with Gasteiger partial charge in [-0.05, 0) is 67.4 Å². The molecule has 1 saturated heterocycles. The van der Waals surface area contributed by atoms with Crippen LogP contribution in [0.2, 0.25) is 0 Å². The molecule has 2 aromatic rings. The normalized spacial score (nSPS) is 27.2. The van der Waals surface area contributed by atoms with E-state index in [0.717, 1.165) is 60.9 Å². The van der Waals surface area contributed by atoms with Crippen LogP contribution in [-0.4, -0.2) is 46.3 Å². The number of halogens is 1. The summed E-state index contributed by atoms with van der Waals surface area (Å²) in [6.45, 7) is 2.14. The van der Waals surface area contributed by atoms with Crippen molar-refractivity contribution in [3.63, 3.8) is 0 Å². The quantitative estimate of drug-likeness (QED) is 0.760. The van der Waals surface area contributed by atoms with E-state index in [2.05, 4.69) is 31.1 Å². The highest BCUT2D eigenvalue weighted by Crippen LogP contribution is 2.34.